The molecule has 2 N–H and O–H groups in total. The molecule has 0 radical (unpaired) electrons. The van der Waals surface area contributed by atoms with Gasteiger partial charge in [-0.1, -0.05) is 24.3 Å². The first-order chi connectivity index (χ1) is 12.2. The fourth-order valence-corrected chi connectivity index (χ4v) is 2.94. The Bertz CT molecular complexity index is 780. The van der Waals surface area contributed by atoms with Gasteiger partial charge in [0.25, 0.3) is 0 Å². The Morgan fingerprint density at radius 3 is 2.73 bits per heavy atom. The summed E-state index contributed by atoms with van der Waals surface area (Å²) in [5, 5.41) is 6.57. The summed E-state index contributed by atoms with van der Waals surface area (Å²) in [5.41, 5.74) is 4.27. The van der Waals surface area contributed by atoms with Crippen LogP contribution in [0.4, 0.5) is 4.39 Å². The number of aryl methyl sites for hydroxylation is 1. The summed E-state index contributed by atoms with van der Waals surface area (Å²) in [6, 6.07) is 11.5. The first-order valence-corrected chi connectivity index (χ1v) is 8.60. The van der Waals surface area contributed by atoms with E-state index in [-0.39, 0.29) is 29.8 Å². The second-order valence-electron chi connectivity index (χ2n) is 6.23. The molecule has 2 aromatic carbocycles. The number of nitrogens with one attached hydrogen (secondary N) is 2. The highest BCUT2D eigenvalue weighted by Gasteiger charge is 2.11. The van der Waals surface area contributed by atoms with E-state index in [1.807, 2.05) is 6.07 Å². The first kappa shape index (κ1) is 20.5. The van der Waals surface area contributed by atoms with E-state index in [0.717, 1.165) is 43.3 Å². The lowest BCUT2D eigenvalue weighted by molar-refractivity contribution is 0.357. The van der Waals surface area contributed by atoms with Crippen LogP contribution >= 0.6 is 24.0 Å². The molecule has 6 heteroatoms. The Morgan fingerprint density at radius 1 is 1.15 bits per heavy atom. The highest BCUT2D eigenvalue weighted by Crippen LogP contribution is 2.25. The maximum atomic E-state index is 13.3. The Kier molecular flexibility index (Phi) is 7.68. The molecule has 0 spiro atoms. The van der Waals surface area contributed by atoms with Crippen LogP contribution in [-0.4, -0.2) is 26.2 Å². The van der Waals surface area contributed by atoms with Gasteiger partial charge in [-0.05, 0) is 47.7 Å². The molecule has 0 unspecified atom stereocenters. The summed E-state index contributed by atoms with van der Waals surface area (Å²) in [6.07, 6.45) is 1.92. The van der Waals surface area contributed by atoms with Gasteiger partial charge < -0.3 is 15.4 Å². The number of benzene rings is 2. The van der Waals surface area contributed by atoms with Gasteiger partial charge >= 0.3 is 0 Å². The Hall–Kier alpha value is -1.83. The van der Waals surface area contributed by atoms with E-state index < -0.39 is 0 Å². The zero-order valence-electron chi connectivity index (χ0n) is 15.1. The van der Waals surface area contributed by atoms with Gasteiger partial charge in [0.1, 0.15) is 11.6 Å². The molecule has 3 rings (SSSR count). The van der Waals surface area contributed by atoms with E-state index >= 15 is 0 Å². The van der Waals surface area contributed by atoms with Crippen LogP contribution < -0.4 is 15.4 Å². The van der Waals surface area contributed by atoms with Gasteiger partial charge in [-0.3, -0.25) is 4.99 Å². The average molecular weight is 469 g/mol. The quantitative estimate of drug-likeness (QED) is 0.400. The van der Waals surface area contributed by atoms with E-state index in [1.165, 1.54) is 17.2 Å². The highest BCUT2D eigenvalue weighted by molar-refractivity contribution is 14.0. The summed E-state index contributed by atoms with van der Waals surface area (Å²) in [5.74, 6) is 1.58. The number of fused-ring (bicyclic) bond motifs is 1. The molecule has 0 bridgehead atoms. The van der Waals surface area contributed by atoms with Gasteiger partial charge in [-0.15, -0.1) is 24.0 Å². The van der Waals surface area contributed by atoms with Crippen molar-refractivity contribution in [3.8, 4) is 5.75 Å². The second kappa shape index (κ2) is 9.75. The summed E-state index contributed by atoms with van der Waals surface area (Å²) < 4.78 is 18.8. The van der Waals surface area contributed by atoms with Crippen LogP contribution in [0.2, 0.25) is 0 Å². The number of nitrogens with zero attached hydrogens (tertiary/aromatic N) is 1. The minimum Gasteiger partial charge on any atom is -0.493 e. The fourth-order valence-electron chi connectivity index (χ4n) is 2.94. The molecule has 1 aliphatic rings. The predicted octanol–water partition coefficient (Wildman–Crippen LogP) is 3.59. The third-order valence-corrected chi connectivity index (χ3v) is 4.37. The molecule has 4 nitrogen and oxygen atoms in total. The first-order valence-electron chi connectivity index (χ1n) is 8.60. The molecule has 0 amide bonds. The summed E-state index contributed by atoms with van der Waals surface area (Å²) in [6.45, 7) is 3.96. The lowest BCUT2D eigenvalue weighted by atomic mass is 10.1. The van der Waals surface area contributed by atoms with E-state index in [4.69, 9.17) is 4.74 Å². The Morgan fingerprint density at radius 2 is 1.96 bits per heavy atom. The second-order valence-corrected chi connectivity index (χ2v) is 6.23. The molecule has 0 saturated carbocycles. The molecule has 0 aliphatic carbocycles. The van der Waals surface area contributed by atoms with Crippen molar-refractivity contribution in [3.63, 3.8) is 0 Å². The van der Waals surface area contributed by atoms with E-state index in [2.05, 4.69) is 33.8 Å². The van der Waals surface area contributed by atoms with Crippen molar-refractivity contribution in [1.82, 2.24) is 10.6 Å². The Labute approximate surface area is 171 Å². The molecule has 1 aliphatic heterocycles. The van der Waals surface area contributed by atoms with Crippen molar-refractivity contribution in [2.45, 2.75) is 26.3 Å². The number of hydrogen-bond acceptors (Lipinski definition) is 2. The van der Waals surface area contributed by atoms with E-state index in [9.17, 15) is 4.39 Å². The van der Waals surface area contributed by atoms with Gasteiger partial charge in [0.2, 0.25) is 0 Å². The molecule has 2 aromatic rings. The monoisotopic (exact) mass is 469 g/mol. The minimum absolute atomic E-state index is 0. The maximum absolute atomic E-state index is 13.3. The fraction of sp³-hybridized carbons (Fsp3) is 0.350. The van der Waals surface area contributed by atoms with Crippen molar-refractivity contribution in [2.75, 3.05) is 20.2 Å². The lowest BCUT2D eigenvalue weighted by Crippen LogP contribution is -2.37. The summed E-state index contributed by atoms with van der Waals surface area (Å²) in [4.78, 5) is 4.23. The molecular formula is C20H25FIN3O. The minimum atomic E-state index is -0.175. The number of aliphatic imine (C=N–C) groups is 1. The molecule has 26 heavy (non-hydrogen) atoms. The third-order valence-electron chi connectivity index (χ3n) is 4.37. The normalized spacial score (nSPS) is 12.8. The standard InChI is InChI=1S/C20H24FN3O.HI/c1-14-11-16(3-5-18(14)21)13-24-20(22-2)23-9-7-15-4-6-19-17(12-15)8-10-25-19;/h3-6,11-12H,7-10,13H2,1-2H3,(H2,22,23,24);1H. The van der Waals surface area contributed by atoms with Crippen LogP contribution in [0.3, 0.4) is 0 Å². The average Bonchev–Trinajstić information content (AvgIpc) is 3.08. The van der Waals surface area contributed by atoms with Crippen LogP contribution in [0.25, 0.3) is 0 Å². The van der Waals surface area contributed by atoms with Gasteiger partial charge in [0, 0.05) is 26.6 Å². The molecule has 140 valence electrons. The van der Waals surface area contributed by atoms with Crippen molar-refractivity contribution in [1.29, 1.82) is 0 Å². The third kappa shape index (κ3) is 5.33. The number of rotatable bonds is 5. The molecule has 0 atom stereocenters. The van der Waals surface area contributed by atoms with E-state index in [0.29, 0.717) is 12.1 Å². The molecule has 1 heterocycles. The number of guanidine groups is 1. The van der Waals surface area contributed by atoms with Gasteiger partial charge in [0.05, 0.1) is 6.61 Å². The van der Waals surface area contributed by atoms with Gasteiger partial charge in [-0.25, -0.2) is 4.39 Å². The highest BCUT2D eigenvalue weighted by atomic mass is 127. The van der Waals surface area contributed by atoms with Crippen LogP contribution in [0.15, 0.2) is 41.4 Å². The topological polar surface area (TPSA) is 45.7 Å². The van der Waals surface area contributed by atoms with Crippen molar-refractivity contribution in [2.24, 2.45) is 4.99 Å². The molecule has 0 aromatic heterocycles. The maximum Gasteiger partial charge on any atom is 0.191 e. The zero-order chi connectivity index (χ0) is 17.6. The van der Waals surface area contributed by atoms with Crippen molar-refractivity contribution in [3.05, 3.63) is 64.5 Å². The Balaban J connectivity index is 0.00000243. The van der Waals surface area contributed by atoms with Crippen LogP contribution in [0.5, 0.6) is 5.75 Å². The van der Waals surface area contributed by atoms with Gasteiger partial charge in [-0.2, -0.15) is 0 Å². The predicted molar refractivity (Wildman–Crippen MR) is 114 cm³/mol. The number of ether oxygens (including phenoxy) is 1. The zero-order valence-corrected chi connectivity index (χ0v) is 17.5. The van der Waals surface area contributed by atoms with E-state index in [1.54, 1.807) is 20.0 Å². The van der Waals surface area contributed by atoms with Crippen molar-refractivity contribution >= 4 is 29.9 Å². The van der Waals surface area contributed by atoms with Gasteiger partial charge in [0.15, 0.2) is 5.96 Å². The molecule has 0 fully saturated rings. The van der Waals surface area contributed by atoms with Crippen LogP contribution in [0, 0.1) is 12.7 Å². The van der Waals surface area contributed by atoms with Crippen molar-refractivity contribution < 1.29 is 9.13 Å². The number of halogens is 2. The summed E-state index contributed by atoms with van der Waals surface area (Å²) >= 11 is 0. The molecular weight excluding hydrogens is 444 g/mol. The van der Waals surface area contributed by atoms with Crippen LogP contribution in [0.1, 0.15) is 22.3 Å². The summed E-state index contributed by atoms with van der Waals surface area (Å²) in [7, 11) is 1.75. The lowest BCUT2D eigenvalue weighted by Gasteiger charge is -2.12. The molecule has 0 saturated heterocycles. The SMILES string of the molecule is CN=C(NCCc1ccc2c(c1)CCO2)NCc1ccc(F)c(C)c1.I. The van der Waals surface area contributed by atoms with Crippen LogP contribution in [-0.2, 0) is 19.4 Å². The largest absolute Gasteiger partial charge is 0.493 e. The smallest absolute Gasteiger partial charge is 0.191 e. The number of hydrogen-bond donors (Lipinski definition) is 2.